The van der Waals surface area contributed by atoms with E-state index in [2.05, 4.69) is 31.6 Å². The minimum absolute atomic E-state index is 0.0394. The Kier molecular flexibility index (Phi) is 8.05. The zero-order valence-electron chi connectivity index (χ0n) is 14.5. The highest BCUT2D eigenvalue weighted by Crippen LogP contribution is 2.22. The van der Waals surface area contributed by atoms with Crippen LogP contribution in [0.5, 0.6) is 0 Å². The molecule has 2 rings (SSSR count). The summed E-state index contributed by atoms with van der Waals surface area (Å²) in [5.41, 5.74) is 1.11. The number of guanidine groups is 1. The van der Waals surface area contributed by atoms with E-state index in [1.165, 1.54) is 0 Å². The van der Waals surface area contributed by atoms with E-state index in [1.807, 2.05) is 31.2 Å². The average Bonchev–Trinajstić information content (AvgIpc) is 2.61. The van der Waals surface area contributed by atoms with Crippen molar-refractivity contribution in [3.8, 4) is 0 Å². The first-order chi connectivity index (χ1) is 11.9. The molecule has 0 aromatic heterocycles. The number of halogens is 1. The molecular formula is C16H25BrN4O2S2. The average molecular weight is 449 g/mol. The summed E-state index contributed by atoms with van der Waals surface area (Å²) in [5.74, 6) is 2.41. The van der Waals surface area contributed by atoms with Crippen LogP contribution < -0.4 is 10.6 Å². The zero-order chi connectivity index (χ0) is 18.3. The fourth-order valence-corrected chi connectivity index (χ4v) is 5.68. The van der Waals surface area contributed by atoms with Crippen molar-refractivity contribution in [1.82, 2.24) is 14.9 Å². The molecule has 0 radical (unpaired) electrons. The number of nitrogens with zero attached hydrogens (tertiary/aromatic N) is 2. The van der Waals surface area contributed by atoms with Crippen LogP contribution >= 0.6 is 27.7 Å². The standard InChI is InChI=1S/C16H25BrN4O2S2/c1-13(14-5-3-4-6-15(14)17)20-16(18-2)19-7-12-25(22,23)21-8-10-24-11-9-21/h3-6,13H,7-12H2,1-2H3,(H2,18,19,20). The van der Waals surface area contributed by atoms with E-state index in [9.17, 15) is 8.42 Å². The number of benzene rings is 1. The third-order valence-corrected chi connectivity index (χ3v) is 7.50. The topological polar surface area (TPSA) is 73.8 Å². The molecule has 1 aliphatic heterocycles. The Labute approximate surface area is 163 Å². The number of nitrogens with one attached hydrogen (secondary N) is 2. The van der Waals surface area contributed by atoms with E-state index in [0.717, 1.165) is 21.5 Å². The Balaban J connectivity index is 1.85. The molecule has 1 fully saturated rings. The molecule has 1 aromatic rings. The van der Waals surface area contributed by atoms with Gasteiger partial charge in [0.1, 0.15) is 0 Å². The highest BCUT2D eigenvalue weighted by atomic mass is 79.9. The van der Waals surface area contributed by atoms with E-state index >= 15 is 0 Å². The first-order valence-corrected chi connectivity index (χ1v) is 11.8. The summed E-state index contributed by atoms with van der Waals surface area (Å²) in [6.07, 6.45) is 0. The monoisotopic (exact) mass is 448 g/mol. The predicted octanol–water partition coefficient (Wildman–Crippen LogP) is 2.05. The van der Waals surface area contributed by atoms with Gasteiger partial charge in [-0.05, 0) is 18.6 Å². The highest BCUT2D eigenvalue weighted by Gasteiger charge is 2.23. The maximum Gasteiger partial charge on any atom is 0.215 e. The van der Waals surface area contributed by atoms with E-state index in [4.69, 9.17) is 0 Å². The summed E-state index contributed by atoms with van der Waals surface area (Å²) >= 11 is 5.34. The fourth-order valence-electron chi connectivity index (χ4n) is 2.56. The Morgan fingerprint density at radius 1 is 1.36 bits per heavy atom. The van der Waals surface area contributed by atoms with Crippen molar-refractivity contribution in [1.29, 1.82) is 0 Å². The van der Waals surface area contributed by atoms with Gasteiger partial charge in [-0.1, -0.05) is 34.1 Å². The van der Waals surface area contributed by atoms with Crippen molar-refractivity contribution in [2.45, 2.75) is 13.0 Å². The number of hydrogen-bond acceptors (Lipinski definition) is 4. The minimum Gasteiger partial charge on any atom is -0.355 e. The van der Waals surface area contributed by atoms with Crippen LogP contribution in [0.25, 0.3) is 0 Å². The molecule has 0 bridgehead atoms. The third kappa shape index (κ3) is 6.16. The Hall–Kier alpha value is -0.770. The van der Waals surface area contributed by atoms with Crippen LogP contribution in [0.3, 0.4) is 0 Å². The quantitative estimate of drug-likeness (QED) is 0.514. The fraction of sp³-hybridized carbons (Fsp3) is 0.562. The summed E-state index contributed by atoms with van der Waals surface area (Å²) in [6.45, 7) is 3.58. The van der Waals surface area contributed by atoms with Gasteiger partial charge in [-0.2, -0.15) is 11.8 Å². The van der Waals surface area contributed by atoms with Crippen molar-refractivity contribution >= 4 is 43.7 Å². The summed E-state index contributed by atoms with van der Waals surface area (Å²) in [7, 11) is -1.53. The number of sulfonamides is 1. The van der Waals surface area contributed by atoms with Crippen LogP contribution in [0.15, 0.2) is 33.7 Å². The van der Waals surface area contributed by atoms with E-state index < -0.39 is 10.0 Å². The van der Waals surface area contributed by atoms with Gasteiger partial charge in [0, 0.05) is 42.7 Å². The molecule has 140 valence electrons. The summed E-state index contributed by atoms with van der Waals surface area (Å²) in [4.78, 5) is 4.18. The second kappa shape index (κ2) is 9.80. The molecule has 1 atom stereocenters. The molecule has 1 aromatic carbocycles. The second-order valence-electron chi connectivity index (χ2n) is 5.71. The van der Waals surface area contributed by atoms with Crippen molar-refractivity contribution in [3.05, 3.63) is 34.3 Å². The van der Waals surface area contributed by atoms with Crippen LogP contribution in [0, 0.1) is 0 Å². The molecule has 0 aliphatic carbocycles. The van der Waals surface area contributed by atoms with Crippen LogP contribution in [0.2, 0.25) is 0 Å². The molecule has 1 unspecified atom stereocenters. The Morgan fingerprint density at radius 3 is 2.68 bits per heavy atom. The van der Waals surface area contributed by atoms with E-state index in [0.29, 0.717) is 25.6 Å². The lowest BCUT2D eigenvalue weighted by Crippen LogP contribution is -2.44. The van der Waals surface area contributed by atoms with Crippen LogP contribution in [0.4, 0.5) is 0 Å². The van der Waals surface area contributed by atoms with Gasteiger partial charge in [-0.25, -0.2) is 12.7 Å². The summed E-state index contributed by atoms with van der Waals surface area (Å²) in [5, 5.41) is 6.38. The highest BCUT2D eigenvalue weighted by molar-refractivity contribution is 9.10. The van der Waals surface area contributed by atoms with Gasteiger partial charge in [0.05, 0.1) is 11.8 Å². The molecular weight excluding hydrogens is 424 g/mol. The van der Waals surface area contributed by atoms with E-state index in [1.54, 1.807) is 23.1 Å². The molecule has 1 aliphatic rings. The molecule has 0 saturated carbocycles. The number of thioether (sulfide) groups is 1. The van der Waals surface area contributed by atoms with Crippen molar-refractivity contribution < 1.29 is 8.42 Å². The summed E-state index contributed by atoms with van der Waals surface area (Å²) < 4.78 is 27.3. The molecule has 9 heteroatoms. The van der Waals surface area contributed by atoms with Gasteiger partial charge in [-0.3, -0.25) is 4.99 Å². The Bertz CT molecular complexity index is 691. The lowest BCUT2D eigenvalue weighted by Gasteiger charge is -2.26. The van der Waals surface area contributed by atoms with E-state index in [-0.39, 0.29) is 11.8 Å². The Morgan fingerprint density at radius 2 is 2.04 bits per heavy atom. The molecule has 0 amide bonds. The molecule has 6 nitrogen and oxygen atoms in total. The van der Waals surface area contributed by atoms with Crippen LogP contribution in [0.1, 0.15) is 18.5 Å². The number of rotatable bonds is 6. The molecule has 2 N–H and O–H groups in total. The molecule has 1 heterocycles. The van der Waals surface area contributed by atoms with Crippen molar-refractivity contribution in [2.24, 2.45) is 4.99 Å². The lowest BCUT2D eigenvalue weighted by molar-refractivity contribution is 0.443. The van der Waals surface area contributed by atoms with Crippen LogP contribution in [-0.4, -0.2) is 62.6 Å². The van der Waals surface area contributed by atoms with Gasteiger partial charge in [0.2, 0.25) is 10.0 Å². The lowest BCUT2D eigenvalue weighted by atomic mass is 10.1. The SMILES string of the molecule is CN=C(NCCS(=O)(=O)N1CCSCC1)NC(C)c1ccccc1Br. The van der Waals surface area contributed by atoms with Gasteiger partial charge in [-0.15, -0.1) is 0 Å². The molecule has 1 saturated heterocycles. The first-order valence-electron chi connectivity index (χ1n) is 8.21. The van der Waals surface area contributed by atoms with Crippen molar-refractivity contribution in [3.63, 3.8) is 0 Å². The van der Waals surface area contributed by atoms with Gasteiger partial charge < -0.3 is 10.6 Å². The number of hydrogen-bond donors (Lipinski definition) is 2. The smallest absolute Gasteiger partial charge is 0.215 e. The normalized spacial score (nSPS) is 18.0. The first kappa shape index (κ1) is 20.5. The number of aliphatic imine (C=N–C) groups is 1. The maximum absolute atomic E-state index is 12.4. The molecule has 25 heavy (non-hydrogen) atoms. The molecule has 0 spiro atoms. The minimum atomic E-state index is -3.21. The maximum atomic E-state index is 12.4. The summed E-state index contributed by atoms with van der Waals surface area (Å²) in [6, 6.07) is 8.02. The van der Waals surface area contributed by atoms with Gasteiger partial charge in [0.15, 0.2) is 5.96 Å². The largest absolute Gasteiger partial charge is 0.355 e. The van der Waals surface area contributed by atoms with Gasteiger partial charge >= 0.3 is 0 Å². The van der Waals surface area contributed by atoms with Crippen LogP contribution in [-0.2, 0) is 10.0 Å². The van der Waals surface area contributed by atoms with Crippen molar-refractivity contribution in [2.75, 3.05) is 43.9 Å². The zero-order valence-corrected chi connectivity index (χ0v) is 17.8. The second-order valence-corrected chi connectivity index (χ2v) is 9.88. The van der Waals surface area contributed by atoms with Gasteiger partial charge in [0.25, 0.3) is 0 Å². The third-order valence-electron chi connectivity index (χ3n) is 3.96. The predicted molar refractivity (Wildman–Crippen MR) is 110 cm³/mol.